The fraction of sp³-hybridized carbons (Fsp3) is 0.538. The Hall–Kier alpha value is -1.62. The van der Waals surface area contributed by atoms with Gasteiger partial charge in [-0.05, 0) is 18.8 Å². The van der Waals surface area contributed by atoms with Crippen LogP contribution in [0.15, 0.2) is 18.2 Å². The second kappa shape index (κ2) is 5.82. The summed E-state index contributed by atoms with van der Waals surface area (Å²) in [6, 6.07) is 4.83. The highest BCUT2D eigenvalue weighted by Crippen LogP contribution is 2.27. The van der Waals surface area contributed by atoms with Gasteiger partial charge in [-0.3, -0.25) is 10.1 Å². The van der Waals surface area contributed by atoms with Gasteiger partial charge in [-0.25, -0.2) is 0 Å². The molecule has 5 heteroatoms. The standard InChI is InChI=1S/C13H18N2O3/c14-13-11(6-3-7-12(13)15(16)17)9-18-8-10-4-1-2-5-10/h3,6-7,10H,1-2,4-5,8-9,14H2. The third-order valence-electron chi connectivity index (χ3n) is 3.46. The van der Waals surface area contributed by atoms with Gasteiger partial charge < -0.3 is 10.5 Å². The van der Waals surface area contributed by atoms with Crippen molar-refractivity contribution in [2.24, 2.45) is 5.92 Å². The largest absolute Gasteiger partial charge is 0.393 e. The molecule has 0 bridgehead atoms. The van der Waals surface area contributed by atoms with Crippen molar-refractivity contribution in [2.45, 2.75) is 32.3 Å². The minimum atomic E-state index is -0.462. The predicted octanol–water partition coefficient (Wildman–Crippen LogP) is 2.88. The van der Waals surface area contributed by atoms with E-state index in [1.54, 1.807) is 12.1 Å². The van der Waals surface area contributed by atoms with Crippen molar-refractivity contribution in [2.75, 3.05) is 12.3 Å². The number of nitro groups is 1. The summed E-state index contributed by atoms with van der Waals surface area (Å²) in [6.07, 6.45) is 5.02. The fourth-order valence-electron chi connectivity index (χ4n) is 2.40. The molecule has 2 N–H and O–H groups in total. The van der Waals surface area contributed by atoms with Gasteiger partial charge in [0.2, 0.25) is 0 Å². The molecule has 0 radical (unpaired) electrons. The Morgan fingerprint density at radius 1 is 1.39 bits per heavy atom. The summed E-state index contributed by atoms with van der Waals surface area (Å²) >= 11 is 0. The number of para-hydroxylation sites is 1. The Labute approximate surface area is 106 Å². The number of benzene rings is 1. The van der Waals surface area contributed by atoms with Crippen molar-refractivity contribution in [3.63, 3.8) is 0 Å². The van der Waals surface area contributed by atoms with Crippen LogP contribution in [-0.4, -0.2) is 11.5 Å². The quantitative estimate of drug-likeness (QED) is 0.495. The maximum atomic E-state index is 10.7. The average molecular weight is 250 g/mol. The number of ether oxygens (including phenoxy) is 1. The van der Waals surface area contributed by atoms with E-state index in [4.69, 9.17) is 10.5 Å². The molecule has 1 aromatic carbocycles. The van der Waals surface area contributed by atoms with E-state index in [0.29, 0.717) is 18.1 Å². The third-order valence-corrected chi connectivity index (χ3v) is 3.46. The summed E-state index contributed by atoms with van der Waals surface area (Å²) in [5.41, 5.74) is 6.63. The lowest BCUT2D eigenvalue weighted by molar-refractivity contribution is -0.384. The van der Waals surface area contributed by atoms with E-state index < -0.39 is 4.92 Å². The zero-order chi connectivity index (χ0) is 13.0. The highest BCUT2D eigenvalue weighted by atomic mass is 16.6. The topological polar surface area (TPSA) is 78.4 Å². The third kappa shape index (κ3) is 2.98. The van der Waals surface area contributed by atoms with Crippen LogP contribution in [0.3, 0.4) is 0 Å². The Morgan fingerprint density at radius 2 is 2.11 bits per heavy atom. The Morgan fingerprint density at radius 3 is 2.78 bits per heavy atom. The molecule has 0 unspecified atom stereocenters. The van der Waals surface area contributed by atoms with Crippen molar-refractivity contribution >= 4 is 11.4 Å². The van der Waals surface area contributed by atoms with E-state index in [1.807, 2.05) is 0 Å². The lowest BCUT2D eigenvalue weighted by Gasteiger charge is -2.11. The molecule has 1 aromatic rings. The minimum Gasteiger partial charge on any atom is -0.393 e. The molecule has 0 heterocycles. The summed E-state index contributed by atoms with van der Waals surface area (Å²) < 4.78 is 5.62. The molecule has 1 aliphatic rings. The van der Waals surface area contributed by atoms with Crippen LogP contribution in [0.4, 0.5) is 11.4 Å². The second-order valence-corrected chi connectivity index (χ2v) is 4.77. The van der Waals surface area contributed by atoms with E-state index in [1.165, 1.54) is 31.7 Å². The summed E-state index contributed by atoms with van der Waals surface area (Å²) in [6.45, 7) is 1.08. The number of hydrogen-bond acceptors (Lipinski definition) is 4. The predicted molar refractivity (Wildman–Crippen MR) is 69.1 cm³/mol. The van der Waals surface area contributed by atoms with Crippen molar-refractivity contribution in [1.82, 2.24) is 0 Å². The second-order valence-electron chi connectivity index (χ2n) is 4.77. The summed E-state index contributed by atoms with van der Waals surface area (Å²) in [5.74, 6) is 0.643. The van der Waals surface area contributed by atoms with Crippen LogP contribution in [0.2, 0.25) is 0 Å². The smallest absolute Gasteiger partial charge is 0.292 e. The number of anilines is 1. The molecule has 0 amide bonds. The SMILES string of the molecule is Nc1c(COCC2CCCC2)cccc1[N+](=O)[O-]. The zero-order valence-corrected chi connectivity index (χ0v) is 10.3. The van der Waals surface area contributed by atoms with Crippen LogP contribution in [0.5, 0.6) is 0 Å². The molecule has 5 nitrogen and oxygen atoms in total. The van der Waals surface area contributed by atoms with Gasteiger partial charge in [0.25, 0.3) is 5.69 Å². The average Bonchev–Trinajstić information content (AvgIpc) is 2.84. The van der Waals surface area contributed by atoms with Gasteiger partial charge in [0.1, 0.15) is 5.69 Å². The normalized spacial score (nSPS) is 16.0. The van der Waals surface area contributed by atoms with Gasteiger partial charge in [0.15, 0.2) is 0 Å². The van der Waals surface area contributed by atoms with E-state index in [-0.39, 0.29) is 11.4 Å². The maximum Gasteiger partial charge on any atom is 0.292 e. The van der Waals surface area contributed by atoms with Gasteiger partial charge >= 0.3 is 0 Å². The van der Waals surface area contributed by atoms with Crippen molar-refractivity contribution in [3.05, 3.63) is 33.9 Å². The van der Waals surface area contributed by atoms with Crippen LogP contribution in [-0.2, 0) is 11.3 Å². The molecule has 1 saturated carbocycles. The van der Waals surface area contributed by atoms with E-state index in [0.717, 1.165) is 6.61 Å². The lowest BCUT2D eigenvalue weighted by Crippen LogP contribution is -2.07. The number of rotatable bonds is 5. The summed E-state index contributed by atoms with van der Waals surface area (Å²) in [4.78, 5) is 10.3. The van der Waals surface area contributed by atoms with Crippen LogP contribution < -0.4 is 5.73 Å². The minimum absolute atomic E-state index is 0.0445. The number of hydrogen-bond donors (Lipinski definition) is 1. The summed E-state index contributed by atoms with van der Waals surface area (Å²) in [7, 11) is 0. The maximum absolute atomic E-state index is 10.7. The molecule has 0 spiro atoms. The first kappa shape index (κ1) is 12.8. The van der Waals surface area contributed by atoms with Crippen LogP contribution in [0.1, 0.15) is 31.2 Å². The first-order chi connectivity index (χ1) is 8.68. The molecule has 0 aromatic heterocycles. The van der Waals surface area contributed by atoms with Crippen LogP contribution in [0, 0.1) is 16.0 Å². The van der Waals surface area contributed by atoms with Crippen molar-refractivity contribution in [3.8, 4) is 0 Å². The van der Waals surface area contributed by atoms with E-state index >= 15 is 0 Å². The van der Waals surface area contributed by atoms with Crippen molar-refractivity contribution in [1.29, 1.82) is 0 Å². The van der Waals surface area contributed by atoms with Gasteiger partial charge in [-0.2, -0.15) is 0 Å². The molecule has 2 rings (SSSR count). The Balaban J connectivity index is 1.92. The Bertz CT molecular complexity index is 428. The number of nitrogens with zero attached hydrogens (tertiary/aromatic N) is 1. The molecule has 1 aliphatic carbocycles. The fourth-order valence-corrected chi connectivity index (χ4v) is 2.40. The highest BCUT2D eigenvalue weighted by molar-refractivity contribution is 5.62. The lowest BCUT2D eigenvalue weighted by atomic mass is 10.1. The van der Waals surface area contributed by atoms with Crippen LogP contribution in [0.25, 0.3) is 0 Å². The molecule has 1 fully saturated rings. The molecule has 18 heavy (non-hydrogen) atoms. The molecule has 98 valence electrons. The van der Waals surface area contributed by atoms with E-state index in [9.17, 15) is 10.1 Å². The molecular weight excluding hydrogens is 232 g/mol. The number of nitrogen functional groups attached to an aromatic ring is 1. The molecule has 0 atom stereocenters. The molecular formula is C13H18N2O3. The first-order valence-electron chi connectivity index (χ1n) is 6.28. The zero-order valence-electron chi connectivity index (χ0n) is 10.3. The first-order valence-corrected chi connectivity index (χ1v) is 6.28. The van der Waals surface area contributed by atoms with Gasteiger partial charge in [0.05, 0.1) is 11.5 Å². The van der Waals surface area contributed by atoms with Gasteiger partial charge in [0, 0.05) is 18.2 Å². The summed E-state index contributed by atoms with van der Waals surface area (Å²) in [5, 5.41) is 10.7. The van der Waals surface area contributed by atoms with Crippen LogP contribution >= 0.6 is 0 Å². The van der Waals surface area contributed by atoms with Gasteiger partial charge in [-0.1, -0.05) is 25.0 Å². The van der Waals surface area contributed by atoms with E-state index in [2.05, 4.69) is 0 Å². The molecule has 0 aliphatic heterocycles. The molecule has 0 saturated heterocycles. The highest BCUT2D eigenvalue weighted by Gasteiger charge is 2.17. The monoisotopic (exact) mass is 250 g/mol. The van der Waals surface area contributed by atoms with Gasteiger partial charge in [-0.15, -0.1) is 0 Å². The number of nitro benzene ring substituents is 1. The number of nitrogens with two attached hydrogens (primary N) is 1. The van der Waals surface area contributed by atoms with Crippen molar-refractivity contribution < 1.29 is 9.66 Å². The Kier molecular flexibility index (Phi) is 4.15.